The lowest BCUT2D eigenvalue weighted by Crippen LogP contribution is -2.54. The van der Waals surface area contributed by atoms with E-state index in [0.717, 1.165) is 10.5 Å². The Hall–Kier alpha value is -6.10. The van der Waals surface area contributed by atoms with Gasteiger partial charge in [-0.15, -0.1) is 0 Å². The maximum absolute atomic E-state index is 13.4. The summed E-state index contributed by atoms with van der Waals surface area (Å²) in [4.78, 5) is 52.2. The molecule has 5 amide bonds. The molecule has 11 heteroatoms. The van der Waals surface area contributed by atoms with Gasteiger partial charge in [-0.3, -0.25) is 19.7 Å². The number of barbiturate groups is 1. The molecule has 0 atom stereocenters. The lowest BCUT2D eigenvalue weighted by atomic mass is 10.1. The zero-order valence-electron chi connectivity index (χ0n) is 25.1. The minimum atomic E-state index is -0.864. The van der Waals surface area contributed by atoms with E-state index < -0.39 is 17.8 Å². The highest BCUT2D eigenvalue weighted by molar-refractivity contribution is 6.39. The number of amides is 5. The second-order valence-corrected chi connectivity index (χ2v) is 9.93. The van der Waals surface area contributed by atoms with Gasteiger partial charge >= 0.3 is 6.03 Å². The Morgan fingerprint density at radius 1 is 0.826 bits per heavy atom. The minimum absolute atomic E-state index is 0.251. The first-order chi connectivity index (χ1) is 22.3. The van der Waals surface area contributed by atoms with Crippen molar-refractivity contribution in [3.05, 3.63) is 114 Å². The van der Waals surface area contributed by atoms with Crippen molar-refractivity contribution >= 4 is 41.2 Å². The molecule has 2 N–H and O–H groups in total. The molecule has 4 aromatic carbocycles. The van der Waals surface area contributed by atoms with Gasteiger partial charge in [-0.05, 0) is 84.8 Å². The van der Waals surface area contributed by atoms with Crippen LogP contribution in [0.3, 0.4) is 0 Å². The van der Waals surface area contributed by atoms with Gasteiger partial charge in [0.1, 0.15) is 23.7 Å². The number of anilines is 2. The number of nitrogens with one attached hydrogen (secondary N) is 2. The van der Waals surface area contributed by atoms with E-state index in [1.807, 2.05) is 30.3 Å². The molecule has 1 fully saturated rings. The molecule has 0 saturated carbocycles. The summed E-state index contributed by atoms with van der Waals surface area (Å²) in [7, 11) is 1.56. The van der Waals surface area contributed by atoms with Crippen molar-refractivity contribution < 1.29 is 38.1 Å². The van der Waals surface area contributed by atoms with Crippen molar-refractivity contribution in [2.45, 2.75) is 13.5 Å². The van der Waals surface area contributed by atoms with Gasteiger partial charge in [0.05, 0.1) is 19.4 Å². The summed E-state index contributed by atoms with van der Waals surface area (Å²) >= 11 is 0. The van der Waals surface area contributed by atoms with E-state index in [9.17, 15) is 19.2 Å². The average molecular weight is 622 g/mol. The van der Waals surface area contributed by atoms with Crippen LogP contribution in [0.15, 0.2) is 103 Å². The Balaban J connectivity index is 1.27. The predicted molar refractivity (Wildman–Crippen MR) is 171 cm³/mol. The molecule has 4 aromatic rings. The van der Waals surface area contributed by atoms with Crippen LogP contribution in [0.1, 0.15) is 18.1 Å². The summed E-state index contributed by atoms with van der Waals surface area (Å²) < 4.78 is 22.3. The highest BCUT2D eigenvalue weighted by atomic mass is 16.5. The SMILES string of the molecule is CCOc1cc(/C=C2/C(=O)NC(=O)N(c3ccc(OCc4ccccc4)cc3)C2=O)ccc1OCC(=O)Nc1ccc(OC)cc1. The number of nitrogens with zero attached hydrogens (tertiary/aromatic N) is 1. The summed E-state index contributed by atoms with van der Waals surface area (Å²) in [5.41, 5.74) is 2.03. The minimum Gasteiger partial charge on any atom is -0.497 e. The maximum Gasteiger partial charge on any atom is 0.335 e. The monoisotopic (exact) mass is 621 g/mol. The van der Waals surface area contributed by atoms with E-state index in [1.54, 1.807) is 80.8 Å². The molecule has 1 saturated heterocycles. The third-order valence-corrected chi connectivity index (χ3v) is 6.76. The van der Waals surface area contributed by atoms with Crippen LogP contribution in [-0.2, 0) is 21.0 Å². The van der Waals surface area contributed by atoms with Gasteiger partial charge in [-0.2, -0.15) is 0 Å². The third kappa shape index (κ3) is 7.69. The van der Waals surface area contributed by atoms with Crippen LogP contribution in [0.5, 0.6) is 23.0 Å². The largest absolute Gasteiger partial charge is 0.497 e. The normalized spacial score (nSPS) is 13.7. The molecule has 1 heterocycles. The molecule has 1 aliphatic rings. The summed E-state index contributed by atoms with van der Waals surface area (Å²) in [5, 5.41) is 4.96. The van der Waals surface area contributed by atoms with E-state index >= 15 is 0 Å². The number of carbonyl (C=O) groups is 4. The van der Waals surface area contributed by atoms with Gasteiger partial charge in [0.2, 0.25) is 0 Å². The van der Waals surface area contributed by atoms with Gasteiger partial charge in [-0.1, -0.05) is 36.4 Å². The smallest absolute Gasteiger partial charge is 0.335 e. The molecule has 0 unspecified atom stereocenters. The van der Waals surface area contributed by atoms with Crippen molar-refractivity contribution in [1.82, 2.24) is 5.32 Å². The van der Waals surface area contributed by atoms with Crippen LogP contribution in [0.2, 0.25) is 0 Å². The van der Waals surface area contributed by atoms with E-state index in [2.05, 4.69) is 10.6 Å². The van der Waals surface area contributed by atoms with E-state index in [4.69, 9.17) is 18.9 Å². The average Bonchev–Trinajstić information content (AvgIpc) is 3.07. The maximum atomic E-state index is 13.4. The number of imide groups is 2. The number of urea groups is 1. The molecule has 11 nitrogen and oxygen atoms in total. The number of ether oxygens (including phenoxy) is 4. The van der Waals surface area contributed by atoms with Gasteiger partial charge in [0.15, 0.2) is 18.1 Å². The van der Waals surface area contributed by atoms with Crippen LogP contribution in [-0.4, -0.2) is 44.1 Å². The van der Waals surface area contributed by atoms with Crippen molar-refractivity contribution in [2.24, 2.45) is 0 Å². The molecule has 0 spiro atoms. The first-order valence-electron chi connectivity index (χ1n) is 14.4. The Labute approximate surface area is 265 Å². The summed E-state index contributed by atoms with van der Waals surface area (Å²) in [6.07, 6.45) is 1.36. The highest BCUT2D eigenvalue weighted by Crippen LogP contribution is 2.31. The summed E-state index contributed by atoms with van der Waals surface area (Å²) in [6.45, 7) is 2.14. The first kappa shape index (κ1) is 31.3. The fourth-order valence-electron chi connectivity index (χ4n) is 4.51. The van der Waals surface area contributed by atoms with Gasteiger partial charge < -0.3 is 24.3 Å². The van der Waals surface area contributed by atoms with E-state index in [1.165, 1.54) is 6.08 Å². The fourth-order valence-corrected chi connectivity index (χ4v) is 4.51. The molecule has 0 radical (unpaired) electrons. The molecule has 234 valence electrons. The Morgan fingerprint density at radius 3 is 2.24 bits per heavy atom. The number of hydrogen-bond donors (Lipinski definition) is 2. The molecule has 1 aliphatic heterocycles. The molecule has 0 bridgehead atoms. The quantitative estimate of drug-likeness (QED) is 0.160. The van der Waals surface area contributed by atoms with Crippen LogP contribution in [0.4, 0.5) is 16.2 Å². The predicted octanol–water partition coefficient (Wildman–Crippen LogP) is 5.36. The molecular formula is C35H31N3O8. The standard InChI is InChI=1S/C35H31N3O8/c1-3-44-31-20-24(9-18-30(31)46-22-32(39)36-25-10-14-27(43-2)15-11-25)19-29-33(40)37-35(42)38(34(29)41)26-12-16-28(17-13-26)45-21-23-7-5-4-6-8-23/h4-20H,3,21-22H2,1-2H3,(H,36,39)(H,37,40,42)/b29-19-. The lowest BCUT2D eigenvalue weighted by molar-refractivity contribution is -0.122. The molecule has 5 rings (SSSR count). The van der Waals surface area contributed by atoms with Crippen molar-refractivity contribution in [3.8, 4) is 23.0 Å². The molecular weight excluding hydrogens is 590 g/mol. The van der Waals surface area contributed by atoms with E-state index in [0.29, 0.717) is 47.5 Å². The van der Waals surface area contributed by atoms with Gasteiger partial charge in [0, 0.05) is 5.69 Å². The molecule has 46 heavy (non-hydrogen) atoms. The second-order valence-electron chi connectivity index (χ2n) is 9.93. The van der Waals surface area contributed by atoms with Crippen molar-refractivity contribution in [3.63, 3.8) is 0 Å². The summed E-state index contributed by atoms with van der Waals surface area (Å²) in [6, 6.07) is 26.8. The molecule has 0 aliphatic carbocycles. The first-order valence-corrected chi connectivity index (χ1v) is 14.4. The fraction of sp³-hybridized carbons (Fsp3) is 0.143. The third-order valence-electron chi connectivity index (χ3n) is 6.76. The number of hydrogen-bond acceptors (Lipinski definition) is 8. The number of rotatable bonds is 12. The molecule has 0 aromatic heterocycles. The summed E-state index contributed by atoms with van der Waals surface area (Å²) in [5.74, 6) is -0.201. The van der Waals surface area contributed by atoms with Crippen LogP contribution in [0, 0.1) is 0 Å². The van der Waals surface area contributed by atoms with Crippen LogP contribution >= 0.6 is 0 Å². The zero-order valence-corrected chi connectivity index (χ0v) is 25.1. The number of benzene rings is 4. The Morgan fingerprint density at radius 2 is 1.54 bits per heavy atom. The Kier molecular flexibility index (Phi) is 9.93. The number of carbonyl (C=O) groups excluding carboxylic acids is 4. The van der Waals surface area contributed by atoms with Gasteiger partial charge in [0.25, 0.3) is 17.7 Å². The van der Waals surface area contributed by atoms with E-state index in [-0.39, 0.29) is 23.8 Å². The van der Waals surface area contributed by atoms with Crippen LogP contribution < -0.4 is 34.5 Å². The topological polar surface area (TPSA) is 132 Å². The zero-order chi connectivity index (χ0) is 32.5. The van der Waals surface area contributed by atoms with Crippen molar-refractivity contribution in [1.29, 1.82) is 0 Å². The van der Waals surface area contributed by atoms with Gasteiger partial charge in [-0.25, -0.2) is 9.69 Å². The second kappa shape index (κ2) is 14.6. The van der Waals surface area contributed by atoms with Crippen LogP contribution in [0.25, 0.3) is 6.08 Å². The Bertz CT molecular complexity index is 1750. The number of methoxy groups -OCH3 is 1. The van der Waals surface area contributed by atoms with Crippen molar-refractivity contribution in [2.75, 3.05) is 30.5 Å². The highest BCUT2D eigenvalue weighted by Gasteiger charge is 2.36. The lowest BCUT2D eigenvalue weighted by Gasteiger charge is -2.26.